The monoisotopic (exact) mass is 448 g/mol. The normalized spacial score (nSPS) is 14.8. The third-order valence-electron chi connectivity index (χ3n) is 5.68. The first kappa shape index (κ1) is 20.2. The van der Waals surface area contributed by atoms with E-state index in [4.69, 9.17) is 4.37 Å². The smallest absolute Gasteiger partial charge is 0.265 e. The van der Waals surface area contributed by atoms with Crippen molar-refractivity contribution in [3.8, 4) is 0 Å². The highest BCUT2D eigenvalue weighted by Crippen LogP contribution is 2.29. The van der Waals surface area contributed by atoms with E-state index in [0.29, 0.717) is 0 Å². The zero-order valence-electron chi connectivity index (χ0n) is 17.2. The van der Waals surface area contributed by atoms with Crippen molar-refractivity contribution in [1.82, 2.24) is 9.27 Å². The standard InChI is InChI=1S/C24H24N4OS2/c29-24(22-9-4-16-30-22)25-19-6-3-5-18(17-19)10-11-27-12-14-28(15-13-27)23-20-7-1-2-8-21(20)31-26-23/h1-9,16-17H,10-15H2,(H,25,29). The summed E-state index contributed by atoms with van der Waals surface area (Å²) in [5, 5.41) is 6.19. The molecule has 158 valence electrons. The molecule has 3 heterocycles. The van der Waals surface area contributed by atoms with Crippen molar-refractivity contribution in [2.24, 2.45) is 0 Å². The number of fused-ring (bicyclic) bond motifs is 1. The van der Waals surface area contributed by atoms with E-state index in [-0.39, 0.29) is 5.91 Å². The molecular weight excluding hydrogens is 424 g/mol. The summed E-state index contributed by atoms with van der Waals surface area (Å²) >= 11 is 3.04. The number of hydrogen-bond donors (Lipinski definition) is 1. The summed E-state index contributed by atoms with van der Waals surface area (Å²) in [6.45, 7) is 5.12. The second kappa shape index (κ2) is 9.18. The van der Waals surface area contributed by atoms with Crippen LogP contribution in [0.3, 0.4) is 0 Å². The van der Waals surface area contributed by atoms with Crippen LogP contribution in [0.2, 0.25) is 0 Å². The Morgan fingerprint density at radius 3 is 2.71 bits per heavy atom. The number of amides is 1. The molecule has 7 heteroatoms. The number of anilines is 2. The summed E-state index contributed by atoms with van der Waals surface area (Å²) < 4.78 is 5.96. The first-order chi connectivity index (χ1) is 15.3. The molecule has 2 aromatic carbocycles. The van der Waals surface area contributed by atoms with E-state index in [1.54, 1.807) is 11.5 Å². The maximum absolute atomic E-state index is 12.3. The lowest BCUT2D eigenvalue weighted by Gasteiger charge is -2.35. The second-order valence-electron chi connectivity index (χ2n) is 7.71. The topological polar surface area (TPSA) is 48.5 Å². The second-order valence-corrected chi connectivity index (χ2v) is 9.47. The van der Waals surface area contributed by atoms with Gasteiger partial charge in [-0.2, -0.15) is 4.37 Å². The largest absolute Gasteiger partial charge is 0.353 e. The van der Waals surface area contributed by atoms with Crippen LogP contribution in [-0.2, 0) is 6.42 Å². The molecule has 1 fully saturated rings. The number of nitrogens with zero attached hydrogens (tertiary/aromatic N) is 3. The van der Waals surface area contributed by atoms with E-state index in [0.717, 1.165) is 55.5 Å². The minimum atomic E-state index is -0.0437. The number of rotatable bonds is 6. The van der Waals surface area contributed by atoms with Gasteiger partial charge in [-0.1, -0.05) is 30.3 Å². The van der Waals surface area contributed by atoms with Gasteiger partial charge in [0.15, 0.2) is 0 Å². The summed E-state index contributed by atoms with van der Waals surface area (Å²) in [6, 6.07) is 20.4. The highest BCUT2D eigenvalue weighted by Gasteiger charge is 2.20. The van der Waals surface area contributed by atoms with Crippen LogP contribution in [0, 0.1) is 0 Å². The Morgan fingerprint density at radius 1 is 1.00 bits per heavy atom. The van der Waals surface area contributed by atoms with Gasteiger partial charge < -0.3 is 10.2 Å². The Labute approximate surface area is 190 Å². The highest BCUT2D eigenvalue weighted by atomic mass is 32.1. The minimum Gasteiger partial charge on any atom is -0.353 e. The fourth-order valence-electron chi connectivity index (χ4n) is 3.98. The average molecular weight is 449 g/mol. The molecule has 2 aromatic heterocycles. The van der Waals surface area contributed by atoms with Crippen molar-refractivity contribution >= 4 is 50.4 Å². The lowest BCUT2D eigenvalue weighted by molar-refractivity contribution is 0.103. The summed E-state index contributed by atoms with van der Waals surface area (Å²) in [5.74, 6) is 1.09. The molecule has 0 spiro atoms. The Balaban J connectivity index is 1.14. The Bertz CT molecular complexity index is 1160. The molecule has 0 atom stereocenters. The summed E-state index contributed by atoms with van der Waals surface area (Å²) in [6.07, 6.45) is 0.975. The van der Waals surface area contributed by atoms with Gasteiger partial charge in [-0.15, -0.1) is 11.3 Å². The molecule has 0 bridgehead atoms. The van der Waals surface area contributed by atoms with Crippen LogP contribution in [0.15, 0.2) is 66.0 Å². The number of aromatic nitrogens is 1. The van der Waals surface area contributed by atoms with E-state index in [1.165, 1.54) is 27.0 Å². The van der Waals surface area contributed by atoms with Gasteiger partial charge in [-0.3, -0.25) is 9.69 Å². The zero-order chi connectivity index (χ0) is 21.0. The molecule has 0 aliphatic carbocycles. The number of carbonyl (C=O) groups is 1. The molecule has 5 nitrogen and oxygen atoms in total. The molecule has 4 aromatic rings. The maximum atomic E-state index is 12.3. The third kappa shape index (κ3) is 4.63. The van der Waals surface area contributed by atoms with Gasteiger partial charge in [0.1, 0.15) is 5.82 Å². The van der Waals surface area contributed by atoms with Crippen LogP contribution in [-0.4, -0.2) is 47.9 Å². The van der Waals surface area contributed by atoms with Gasteiger partial charge in [0.05, 0.1) is 9.58 Å². The Kier molecular flexibility index (Phi) is 5.97. The van der Waals surface area contributed by atoms with E-state index in [2.05, 4.69) is 51.5 Å². The predicted octanol–water partition coefficient (Wildman–Crippen LogP) is 4.97. The fourth-order valence-corrected chi connectivity index (χ4v) is 5.39. The summed E-state index contributed by atoms with van der Waals surface area (Å²) in [7, 11) is 0. The van der Waals surface area contributed by atoms with E-state index in [9.17, 15) is 4.79 Å². The quantitative estimate of drug-likeness (QED) is 0.452. The lowest BCUT2D eigenvalue weighted by atomic mass is 10.1. The number of thiophene rings is 1. The van der Waals surface area contributed by atoms with Crippen molar-refractivity contribution in [2.75, 3.05) is 42.9 Å². The van der Waals surface area contributed by atoms with Gasteiger partial charge in [-0.25, -0.2) is 0 Å². The van der Waals surface area contributed by atoms with Gasteiger partial charge in [0, 0.05) is 43.8 Å². The molecule has 1 aliphatic rings. The van der Waals surface area contributed by atoms with Gasteiger partial charge in [0.2, 0.25) is 0 Å². The number of carbonyl (C=O) groups excluding carboxylic acids is 1. The van der Waals surface area contributed by atoms with Crippen LogP contribution >= 0.6 is 22.9 Å². The summed E-state index contributed by atoms with van der Waals surface area (Å²) in [5.41, 5.74) is 2.10. The predicted molar refractivity (Wildman–Crippen MR) is 131 cm³/mol. The molecule has 5 rings (SSSR count). The lowest BCUT2D eigenvalue weighted by Crippen LogP contribution is -2.47. The van der Waals surface area contributed by atoms with Gasteiger partial charge >= 0.3 is 0 Å². The minimum absolute atomic E-state index is 0.0437. The highest BCUT2D eigenvalue weighted by molar-refractivity contribution is 7.13. The van der Waals surface area contributed by atoms with Crippen molar-refractivity contribution in [3.63, 3.8) is 0 Å². The number of hydrogen-bond acceptors (Lipinski definition) is 6. The molecule has 1 aliphatic heterocycles. The van der Waals surface area contributed by atoms with Crippen LogP contribution in [0.4, 0.5) is 11.5 Å². The SMILES string of the molecule is O=C(Nc1cccc(CCN2CCN(c3nsc4ccccc34)CC2)c1)c1cccs1. The van der Waals surface area contributed by atoms with Crippen LogP contribution < -0.4 is 10.2 Å². The van der Waals surface area contributed by atoms with Crippen molar-refractivity contribution in [3.05, 3.63) is 76.5 Å². The summed E-state index contributed by atoms with van der Waals surface area (Å²) in [4.78, 5) is 17.9. The van der Waals surface area contributed by atoms with E-state index in [1.807, 2.05) is 29.6 Å². The Hall–Kier alpha value is -2.74. The molecular formula is C24H24N4OS2. The average Bonchev–Trinajstić information content (AvgIpc) is 3.49. The molecule has 1 saturated heterocycles. The maximum Gasteiger partial charge on any atom is 0.265 e. The first-order valence-corrected chi connectivity index (χ1v) is 12.2. The first-order valence-electron chi connectivity index (χ1n) is 10.5. The third-order valence-corrected chi connectivity index (χ3v) is 7.36. The molecule has 31 heavy (non-hydrogen) atoms. The van der Waals surface area contributed by atoms with Crippen molar-refractivity contribution in [2.45, 2.75) is 6.42 Å². The van der Waals surface area contributed by atoms with Gasteiger partial charge in [0.25, 0.3) is 5.91 Å². The zero-order valence-corrected chi connectivity index (χ0v) is 18.8. The van der Waals surface area contributed by atoms with E-state index < -0.39 is 0 Å². The van der Waals surface area contributed by atoms with Crippen molar-refractivity contribution in [1.29, 1.82) is 0 Å². The van der Waals surface area contributed by atoms with Crippen molar-refractivity contribution < 1.29 is 4.79 Å². The Morgan fingerprint density at radius 2 is 1.87 bits per heavy atom. The molecule has 0 radical (unpaired) electrons. The molecule has 0 unspecified atom stereocenters. The molecule has 0 saturated carbocycles. The molecule has 1 N–H and O–H groups in total. The van der Waals surface area contributed by atoms with E-state index >= 15 is 0 Å². The molecule has 1 amide bonds. The fraction of sp³-hybridized carbons (Fsp3) is 0.250. The number of nitrogens with one attached hydrogen (secondary N) is 1. The number of piperazine rings is 1. The van der Waals surface area contributed by atoms with Crippen LogP contribution in [0.25, 0.3) is 10.1 Å². The number of benzene rings is 2. The van der Waals surface area contributed by atoms with Crippen LogP contribution in [0.5, 0.6) is 0 Å². The van der Waals surface area contributed by atoms with Gasteiger partial charge in [-0.05, 0) is 59.2 Å². The van der Waals surface area contributed by atoms with Crippen LogP contribution in [0.1, 0.15) is 15.2 Å².